The standard InChI is InChI=1S/C14H9NS/c1-9-2-4-11-12-7-10(8-15)3-5-13(12)16-14(11)6-9/h2-7H,1H3. The van der Waals surface area contributed by atoms with E-state index in [4.69, 9.17) is 5.26 Å². The maximum atomic E-state index is 8.90. The van der Waals surface area contributed by atoms with Gasteiger partial charge in [-0.15, -0.1) is 11.3 Å². The summed E-state index contributed by atoms with van der Waals surface area (Å²) < 4.78 is 2.55. The molecule has 2 heteroatoms. The normalized spacial score (nSPS) is 10.8. The smallest absolute Gasteiger partial charge is 0.0991 e. The molecule has 0 unspecified atom stereocenters. The molecule has 76 valence electrons. The summed E-state index contributed by atoms with van der Waals surface area (Å²) >= 11 is 1.79. The average Bonchev–Trinajstić information content (AvgIpc) is 2.65. The summed E-state index contributed by atoms with van der Waals surface area (Å²) in [5.41, 5.74) is 2.01. The lowest BCUT2D eigenvalue weighted by molar-refractivity contribution is 1.50. The number of rotatable bonds is 0. The monoisotopic (exact) mass is 223 g/mol. The predicted molar refractivity (Wildman–Crippen MR) is 68.8 cm³/mol. The summed E-state index contributed by atoms with van der Waals surface area (Å²) in [6.07, 6.45) is 0. The van der Waals surface area contributed by atoms with Crippen LogP contribution >= 0.6 is 11.3 Å². The molecule has 0 radical (unpaired) electrons. The molecule has 0 aliphatic carbocycles. The minimum atomic E-state index is 0.729. The van der Waals surface area contributed by atoms with Gasteiger partial charge in [0.2, 0.25) is 0 Å². The van der Waals surface area contributed by atoms with Crippen molar-refractivity contribution in [3.63, 3.8) is 0 Å². The molecule has 1 heterocycles. The summed E-state index contributed by atoms with van der Waals surface area (Å²) in [5, 5.41) is 11.4. The quantitative estimate of drug-likeness (QED) is 0.559. The van der Waals surface area contributed by atoms with Gasteiger partial charge in [-0.25, -0.2) is 0 Å². The van der Waals surface area contributed by atoms with Crippen molar-refractivity contribution >= 4 is 31.5 Å². The van der Waals surface area contributed by atoms with Gasteiger partial charge in [-0.3, -0.25) is 0 Å². The molecule has 1 nitrogen and oxygen atoms in total. The van der Waals surface area contributed by atoms with Crippen molar-refractivity contribution in [2.24, 2.45) is 0 Å². The second-order valence-corrected chi connectivity index (χ2v) is 5.01. The zero-order chi connectivity index (χ0) is 11.1. The first-order valence-corrected chi connectivity index (χ1v) is 5.92. The summed E-state index contributed by atoms with van der Waals surface area (Å²) in [4.78, 5) is 0. The first-order valence-electron chi connectivity index (χ1n) is 5.11. The molecule has 0 saturated carbocycles. The Morgan fingerprint density at radius 2 is 1.88 bits per heavy atom. The number of aryl methyl sites for hydroxylation is 1. The highest BCUT2D eigenvalue weighted by atomic mass is 32.1. The van der Waals surface area contributed by atoms with Gasteiger partial charge in [0.15, 0.2) is 0 Å². The lowest BCUT2D eigenvalue weighted by atomic mass is 10.1. The maximum absolute atomic E-state index is 8.90. The number of fused-ring (bicyclic) bond motifs is 3. The van der Waals surface area contributed by atoms with E-state index in [9.17, 15) is 0 Å². The van der Waals surface area contributed by atoms with E-state index in [0.29, 0.717) is 0 Å². The molecule has 3 aromatic rings. The fourth-order valence-corrected chi connectivity index (χ4v) is 3.14. The van der Waals surface area contributed by atoms with Crippen LogP contribution in [-0.2, 0) is 0 Å². The largest absolute Gasteiger partial charge is 0.192 e. The minimum Gasteiger partial charge on any atom is -0.192 e. The Labute approximate surface area is 97.6 Å². The molecule has 0 bridgehead atoms. The molecule has 0 aliphatic heterocycles. The molecule has 0 saturated heterocycles. The summed E-state index contributed by atoms with van der Waals surface area (Å²) in [7, 11) is 0. The van der Waals surface area contributed by atoms with Gasteiger partial charge in [0.05, 0.1) is 11.6 Å². The number of hydrogen-bond acceptors (Lipinski definition) is 2. The topological polar surface area (TPSA) is 23.8 Å². The molecule has 0 aliphatic rings. The van der Waals surface area contributed by atoms with Crippen LogP contribution in [0.2, 0.25) is 0 Å². The molecular weight excluding hydrogens is 214 g/mol. The van der Waals surface area contributed by atoms with Crippen LogP contribution in [0.25, 0.3) is 20.2 Å². The Morgan fingerprint density at radius 3 is 2.69 bits per heavy atom. The third kappa shape index (κ3) is 1.30. The summed E-state index contributed by atoms with van der Waals surface area (Å²) in [5.74, 6) is 0. The zero-order valence-corrected chi connectivity index (χ0v) is 9.64. The lowest BCUT2D eigenvalue weighted by Gasteiger charge is -1.93. The highest BCUT2D eigenvalue weighted by molar-refractivity contribution is 7.25. The number of benzene rings is 2. The van der Waals surface area contributed by atoms with Crippen molar-refractivity contribution < 1.29 is 0 Å². The molecule has 2 aromatic carbocycles. The van der Waals surface area contributed by atoms with E-state index in [1.807, 2.05) is 18.2 Å². The van der Waals surface area contributed by atoms with E-state index < -0.39 is 0 Å². The van der Waals surface area contributed by atoms with Gasteiger partial charge in [0.1, 0.15) is 0 Å². The van der Waals surface area contributed by atoms with Crippen LogP contribution in [0.4, 0.5) is 0 Å². The highest BCUT2D eigenvalue weighted by Gasteiger charge is 2.05. The van der Waals surface area contributed by atoms with Crippen molar-refractivity contribution in [1.82, 2.24) is 0 Å². The predicted octanol–water partition coefficient (Wildman–Crippen LogP) is 4.23. The second-order valence-electron chi connectivity index (χ2n) is 3.92. The van der Waals surface area contributed by atoms with E-state index in [1.54, 1.807) is 11.3 Å². The van der Waals surface area contributed by atoms with Gasteiger partial charge >= 0.3 is 0 Å². The Balaban J connectivity index is 2.48. The molecule has 0 spiro atoms. The van der Waals surface area contributed by atoms with E-state index in [0.717, 1.165) is 5.56 Å². The van der Waals surface area contributed by atoms with Crippen molar-refractivity contribution in [2.75, 3.05) is 0 Å². The first-order chi connectivity index (χ1) is 7.78. The third-order valence-electron chi connectivity index (χ3n) is 2.76. The third-order valence-corrected chi connectivity index (χ3v) is 3.89. The lowest BCUT2D eigenvalue weighted by Crippen LogP contribution is -1.73. The van der Waals surface area contributed by atoms with Crippen LogP contribution in [-0.4, -0.2) is 0 Å². The molecule has 0 amide bonds. The van der Waals surface area contributed by atoms with Gasteiger partial charge in [-0.05, 0) is 36.8 Å². The van der Waals surface area contributed by atoms with Crippen LogP contribution in [0.1, 0.15) is 11.1 Å². The van der Waals surface area contributed by atoms with Crippen molar-refractivity contribution in [3.8, 4) is 6.07 Å². The molecular formula is C14H9NS. The Morgan fingerprint density at radius 1 is 1.00 bits per heavy atom. The van der Waals surface area contributed by atoms with Gasteiger partial charge < -0.3 is 0 Å². The SMILES string of the molecule is Cc1ccc2c(c1)sc1ccc(C#N)cc12. The Kier molecular flexibility index (Phi) is 1.95. The van der Waals surface area contributed by atoms with E-state index in [1.165, 1.54) is 25.7 Å². The van der Waals surface area contributed by atoms with Crippen LogP contribution in [0.5, 0.6) is 0 Å². The van der Waals surface area contributed by atoms with Crippen LogP contribution in [0, 0.1) is 18.3 Å². The van der Waals surface area contributed by atoms with Crippen molar-refractivity contribution in [1.29, 1.82) is 5.26 Å². The van der Waals surface area contributed by atoms with Crippen LogP contribution < -0.4 is 0 Å². The number of nitrogens with zero attached hydrogens (tertiary/aromatic N) is 1. The minimum absolute atomic E-state index is 0.729. The van der Waals surface area contributed by atoms with Gasteiger partial charge in [0, 0.05) is 20.2 Å². The van der Waals surface area contributed by atoms with Gasteiger partial charge in [-0.2, -0.15) is 5.26 Å². The van der Waals surface area contributed by atoms with E-state index in [2.05, 4.69) is 31.2 Å². The zero-order valence-electron chi connectivity index (χ0n) is 8.82. The molecule has 1 aromatic heterocycles. The average molecular weight is 223 g/mol. The Bertz CT molecular complexity index is 731. The van der Waals surface area contributed by atoms with E-state index in [-0.39, 0.29) is 0 Å². The number of nitriles is 1. The maximum Gasteiger partial charge on any atom is 0.0991 e. The molecule has 0 atom stereocenters. The van der Waals surface area contributed by atoms with E-state index >= 15 is 0 Å². The first kappa shape index (κ1) is 9.38. The molecule has 16 heavy (non-hydrogen) atoms. The van der Waals surface area contributed by atoms with Gasteiger partial charge in [0.25, 0.3) is 0 Å². The fourth-order valence-electron chi connectivity index (χ4n) is 1.95. The van der Waals surface area contributed by atoms with Gasteiger partial charge in [-0.1, -0.05) is 12.1 Å². The molecule has 0 N–H and O–H groups in total. The van der Waals surface area contributed by atoms with Crippen LogP contribution in [0.3, 0.4) is 0 Å². The molecule has 0 fully saturated rings. The number of hydrogen-bond donors (Lipinski definition) is 0. The summed E-state index contributed by atoms with van der Waals surface area (Å²) in [6.45, 7) is 2.10. The van der Waals surface area contributed by atoms with Crippen molar-refractivity contribution in [2.45, 2.75) is 6.92 Å². The molecule has 3 rings (SSSR count). The van der Waals surface area contributed by atoms with Crippen molar-refractivity contribution in [3.05, 3.63) is 47.5 Å². The van der Waals surface area contributed by atoms with Crippen LogP contribution in [0.15, 0.2) is 36.4 Å². The summed E-state index contributed by atoms with van der Waals surface area (Å²) in [6, 6.07) is 14.5. The fraction of sp³-hybridized carbons (Fsp3) is 0.0714. The second kappa shape index (κ2) is 3.33. The Hall–Kier alpha value is -1.85. The highest BCUT2D eigenvalue weighted by Crippen LogP contribution is 2.34. The number of thiophene rings is 1.